The lowest BCUT2D eigenvalue weighted by atomic mass is 9.93. The summed E-state index contributed by atoms with van der Waals surface area (Å²) in [4.78, 5) is 21.0. The molecule has 0 bridgehead atoms. The van der Waals surface area contributed by atoms with Crippen molar-refractivity contribution in [2.45, 2.75) is 50.7 Å². The van der Waals surface area contributed by atoms with Gasteiger partial charge in [0.15, 0.2) is 0 Å². The summed E-state index contributed by atoms with van der Waals surface area (Å²) in [6.07, 6.45) is 6.97. The number of ether oxygens (including phenoxy) is 1. The van der Waals surface area contributed by atoms with Crippen LogP contribution < -0.4 is 5.32 Å². The van der Waals surface area contributed by atoms with Gasteiger partial charge in [0.2, 0.25) is 0 Å². The summed E-state index contributed by atoms with van der Waals surface area (Å²) < 4.78 is 5.45. The van der Waals surface area contributed by atoms with Crippen LogP contribution in [-0.4, -0.2) is 71.4 Å². The minimum absolute atomic E-state index is 0.0260. The Hall–Kier alpha value is -2.64. The zero-order valence-electron chi connectivity index (χ0n) is 19.2. The molecule has 3 aliphatic rings. The van der Waals surface area contributed by atoms with E-state index in [-0.39, 0.29) is 6.03 Å². The molecule has 0 spiro atoms. The van der Waals surface area contributed by atoms with Gasteiger partial charge in [-0.2, -0.15) is 0 Å². The Morgan fingerprint density at radius 2 is 1.91 bits per heavy atom. The van der Waals surface area contributed by atoms with Gasteiger partial charge in [0.1, 0.15) is 0 Å². The maximum Gasteiger partial charge on any atom is 0.320 e. The molecule has 2 N–H and O–H groups in total. The maximum absolute atomic E-state index is 12.8. The minimum atomic E-state index is -0.612. The van der Waals surface area contributed by atoms with E-state index in [0.717, 1.165) is 43.9 Å². The zero-order chi connectivity index (χ0) is 22.6. The van der Waals surface area contributed by atoms with Crippen LogP contribution in [0.2, 0.25) is 0 Å². The molecule has 1 aliphatic carbocycles. The summed E-state index contributed by atoms with van der Waals surface area (Å²) in [5, 5.41) is 13.8. The first-order valence-corrected chi connectivity index (χ1v) is 12.3. The van der Waals surface area contributed by atoms with Gasteiger partial charge in [0.25, 0.3) is 0 Å². The Balaban J connectivity index is 1.09. The molecule has 7 heteroatoms. The number of carbonyl (C=O) groups excluding carboxylic acids is 1. The Kier molecular flexibility index (Phi) is 6.78. The van der Waals surface area contributed by atoms with E-state index in [1.54, 1.807) is 4.90 Å². The van der Waals surface area contributed by atoms with Crippen LogP contribution in [0.1, 0.15) is 47.6 Å². The molecular formula is C26H34N4O3. The fourth-order valence-corrected chi connectivity index (χ4v) is 5.18. The highest BCUT2D eigenvalue weighted by molar-refractivity contribution is 5.76. The van der Waals surface area contributed by atoms with Gasteiger partial charge in [0.05, 0.1) is 24.9 Å². The molecule has 1 unspecified atom stereocenters. The SMILES string of the molecule is O=C1N(Cc2ccc(C3CCOCC3)cn2)CCN1CC(O)CNc1ccc2c(c1)CCC2. The predicted octanol–water partition coefficient (Wildman–Crippen LogP) is 3.17. The second kappa shape index (κ2) is 10.1. The molecular weight excluding hydrogens is 416 g/mol. The molecule has 176 valence electrons. The molecule has 3 heterocycles. The Bertz CT molecular complexity index is 959. The van der Waals surface area contributed by atoms with Gasteiger partial charge in [0, 0.05) is 44.7 Å². The van der Waals surface area contributed by atoms with Crippen LogP contribution in [0.3, 0.4) is 0 Å². The van der Waals surface area contributed by atoms with Crippen LogP contribution in [0.5, 0.6) is 0 Å². The molecule has 7 nitrogen and oxygen atoms in total. The lowest BCUT2D eigenvalue weighted by Crippen LogP contribution is -2.39. The van der Waals surface area contributed by atoms with Crippen molar-refractivity contribution >= 4 is 11.7 Å². The number of hydrogen-bond acceptors (Lipinski definition) is 5. The van der Waals surface area contributed by atoms with E-state index in [1.807, 2.05) is 17.2 Å². The fourth-order valence-electron chi connectivity index (χ4n) is 5.18. The quantitative estimate of drug-likeness (QED) is 0.646. The number of aliphatic hydroxyl groups is 1. The summed E-state index contributed by atoms with van der Waals surface area (Å²) in [7, 11) is 0. The van der Waals surface area contributed by atoms with Crippen molar-refractivity contribution in [2.75, 3.05) is 44.7 Å². The second-order valence-electron chi connectivity index (χ2n) is 9.49. The van der Waals surface area contributed by atoms with Crippen molar-refractivity contribution in [3.05, 3.63) is 58.9 Å². The van der Waals surface area contributed by atoms with E-state index in [4.69, 9.17) is 4.74 Å². The number of fused-ring (bicyclic) bond motifs is 1. The van der Waals surface area contributed by atoms with Gasteiger partial charge in [-0.1, -0.05) is 12.1 Å². The molecule has 0 radical (unpaired) electrons. The van der Waals surface area contributed by atoms with Gasteiger partial charge in [-0.15, -0.1) is 0 Å². The summed E-state index contributed by atoms with van der Waals surface area (Å²) >= 11 is 0. The highest BCUT2D eigenvalue weighted by Gasteiger charge is 2.30. The molecule has 2 saturated heterocycles. The van der Waals surface area contributed by atoms with Crippen molar-refractivity contribution in [2.24, 2.45) is 0 Å². The number of urea groups is 1. The molecule has 2 fully saturated rings. The lowest BCUT2D eigenvalue weighted by Gasteiger charge is -2.23. The first-order chi connectivity index (χ1) is 16.2. The Morgan fingerprint density at radius 1 is 1.09 bits per heavy atom. The van der Waals surface area contributed by atoms with Gasteiger partial charge in [-0.05, 0) is 72.9 Å². The van der Waals surface area contributed by atoms with E-state index in [1.165, 1.54) is 29.5 Å². The van der Waals surface area contributed by atoms with E-state index in [0.29, 0.717) is 38.6 Å². The maximum atomic E-state index is 12.8. The number of anilines is 1. The highest BCUT2D eigenvalue weighted by Crippen LogP contribution is 2.27. The van der Waals surface area contributed by atoms with Gasteiger partial charge < -0.3 is 25.0 Å². The molecule has 33 heavy (non-hydrogen) atoms. The average molecular weight is 451 g/mol. The molecule has 1 aromatic heterocycles. The first kappa shape index (κ1) is 22.2. The number of aliphatic hydroxyl groups excluding tert-OH is 1. The lowest BCUT2D eigenvalue weighted by molar-refractivity contribution is 0.0852. The highest BCUT2D eigenvalue weighted by atomic mass is 16.5. The van der Waals surface area contributed by atoms with Crippen LogP contribution in [0.15, 0.2) is 36.5 Å². The third-order valence-corrected chi connectivity index (χ3v) is 7.15. The standard InChI is InChI=1S/C26H34N4O3/c31-25(16-28-23-6-4-19-2-1-3-21(19)14-23)18-30-11-10-29(26(30)32)17-24-7-5-22(15-27-24)20-8-12-33-13-9-20/h4-7,14-15,20,25,28,31H,1-3,8-13,16-18H2. The molecule has 2 aromatic rings. The van der Waals surface area contributed by atoms with Crippen molar-refractivity contribution in [1.82, 2.24) is 14.8 Å². The molecule has 1 atom stereocenters. The topological polar surface area (TPSA) is 77.9 Å². The smallest absolute Gasteiger partial charge is 0.320 e. The number of amides is 2. The van der Waals surface area contributed by atoms with Crippen LogP contribution in [0.25, 0.3) is 0 Å². The number of nitrogens with zero attached hydrogens (tertiary/aromatic N) is 3. The number of carbonyl (C=O) groups is 1. The monoisotopic (exact) mass is 450 g/mol. The zero-order valence-corrected chi connectivity index (χ0v) is 19.2. The number of aryl methyl sites for hydroxylation is 2. The molecule has 1 aromatic carbocycles. The van der Waals surface area contributed by atoms with Crippen LogP contribution >= 0.6 is 0 Å². The number of nitrogens with one attached hydrogen (secondary N) is 1. The normalized spacial score (nSPS) is 19.7. The third-order valence-electron chi connectivity index (χ3n) is 7.15. The average Bonchev–Trinajstić information content (AvgIpc) is 3.45. The predicted molar refractivity (Wildman–Crippen MR) is 127 cm³/mol. The first-order valence-electron chi connectivity index (χ1n) is 12.3. The number of pyridine rings is 1. The number of hydrogen-bond donors (Lipinski definition) is 2. The van der Waals surface area contributed by atoms with Gasteiger partial charge >= 0.3 is 6.03 Å². The molecule has 2 amide bonds. The number of rotatable bonds is 8. The van der Waals surface area contributed by atoms with E-state index in [2.05, 4.69) is 34.6 Å². The van der Waals surface area contributed by atoms with Crippen molar-refractivity contribution in [3.63, 3.8) is 0 Å². The second-order valence-corrected chi connectivity index (χ2v) is 9.49. The molecule has 5 rings (SSSR count). The fraction of sp³-hybridized carbons (Fsp3) is 0.538. The van der Waals surface area contributed by atoms with Crippen LogP contribution in [-0.2, 0) is 24.1 Å². The third kappa shape index (κ3) is 5.31. The molecule has 0 saturated carbocycles. The van der Waals surface area contributed by atoms with Gasteiger partial charge in [-0.3, -0.25) is 4.98 Å². The van der Waals surface area contributed by atoms with Crippen molar-refractivity contribution in [1.29, 1.82) is 0 Å². The summed E-state index contributed by atoms with van der Waals surface area (Å²) in [6.45, 7) is 4.20. The summed E-state index contributed by atoms with van der Waals surface area (Å²) in [5.74, 6) is 0.524. The van der Waals surface area contributed by atoms with E-state index < -0.39 is 6.10 Å². The number of β-amino-alcohol motifs (C(OH)–C–C–N with tert-alkyl or cyclic N) is 1. The van der Waals surface area contributed by atoms with Crippen molar-refractivity contribution in [3.8, 4) is 0 Å². The largest absolute Gasteiger partial charge is 0.389 e. The van der Waals surface area contributed by atoms with Crippen LogP contribution in [0.4, 0.5) is 10.5 Å². The van der Waals surface area contributed by atoms with E-state index in [9.17, 15) is 9.90 Å². The number of aromatic nitrogens is 1. The Morgan fingerprint density at radius 3 is 2.73 bits per heavy atom. The van der Waals surface area contributed by atoms with Crippen molar-refractivity contribution < 1.29 is 14.6 Å². The minimum Gasteiger partial charge on any atom is -0.389 e. The van der Waals surface area contributed by atoms with Gasteiger partial charge in [-0.25, -0.2) is 4.79 Å². The summed E-state index contributed by atoms with van der Waals surface area (Å²) in [5.41, 5.74) is 6.06. The summed E-state index contributed by atoms with van der Waals surface area (Å²) in [6, 6.07) is 10.6. The number of benzene rings is 1. The Labute approximate surface area is 195 Å². The molecule has 2 aliphatic heterocycles. The van der Waals surface area contributed by atoms with E-state index >= 15 is 0 Å². The van der Waals surface area contributed by atoms with Crippen LogP contribution in [0, 0.1) is 0 Å².